The number of aryl methyl sites for hydroxylation is 1. The first-order chi connectivity index (χ1) is 12.7. The van der Waals surface area contributed by atoms with Gasteiger partial charge in [-0.2, -0.15) is 0 Å². The lowest BCUT2D eigenvalue weighted by Crippen LogP contribution is -2.48. The molecule has 4 aliphatic rings. The Labute approximate surface area is 163 Å². The van der Waals surface area contributed by atoms with Gasteiger partial charge in [0, 0.05) is 17.3 Å². The lowest BCUT2D eigenvalue weighted by molar-refractivity contribution is -0.00616. The van der Waals surface area contributed by atoms with Crippen LogP contribution in [0.3, 0.4) is 0 Å². The van der Waals surface area contributed by atoms with Gasteiger partial charge < -0.3 is 10.2 Å². The van der Waals surface area contributed by atoms with E-state index >= 15 is 0 Å². The van der Waals surface area contributed by atoms with Crippen LogP contribution in [-0.2, 0) is 5.41 Å². The normalized spacial score (nSPS) is 33.7. The Morgan fingerprint density at radius 2 is 1.67 bits per heavy atom. The second-order valence-corrected chi connectivity index (χ2v) is 10.8. The van der Waals surface area contributed by atoms with Crippen LogP contribution in [0.15, 0.2) is 17.1 Å². The highest BCUT2D eigenvalue weighted by Crippen LogP contribution is 2.62. The predicted octanol–water partition coefficient (Wildman–Crippen LogP) is 4.99. The van der Waals surface area contributed by atoms with Crippen molar-refractivity contribution in [1.29, 1.82) is 0 Å². The molecule has 3 heteroatoms. The monoisotopic (exact) mass is 369 g/mol. The number of nitrogens with zero attached hydrogens (tertiary/aromatic N) is 1. The van der Waals surface area contributed by atoms with Crippen molar-refractivity contribution in [2.75, 3.05) is 6.61 Å². The number of aliphatic hydroxyl groups excluding tert-OH is 1. The van der Waals surface area contributed by atoms with E-state index < -0.39 is 0 Å². The van der Waals surface area contributed by atoms with Gasteiger partial charge in [-0.3, -0.25) is 4.99 Å². The average molecular weight is 370 g/mol. The number of hydrogen-bond acceptors (Lipinski definition) is 3. The van der Waals surface area contributed by atoms with Crippen LogP contribution >= 0.6 is 0 Å². The Bertz CT molecular complexity index is 708. The molecule has 5 rings (SSSR count). The third kappa shape index (κ3) is 3.44. The van der Waals surface area contributed by atoms with Crippen LogP contribution in [0.25, 0.3) is 0 Å². The van der Waals surface area contributed by atoms with E-state index in [1.165, 1.54) is 49.7 Å². The molecular formula is C24H35NO2. The third-order valence-corrected chi connectivity index (χ3v) is 7.46. The number of aliphatic hydroxyl groups is 1. The van der Waals surface area contributed by atoms with Crippen LogP contribution < -0.4 is 0 Å². The smallest absolute Gasteiger partial charge is 0.128 e. The van der Waals surface area contributed by atoms with Crippen LogP contribution in [0, 0.1) is 30.1 Å². The van der Waals surface area contributed by atoms with Gasteiger partial charge in [0.05, 0.1) is 12.6 Å². The zero-order valence-corrected chi connectivity index (χ0v) is 17.3. The van der Waals surface area contributed by atoms with E-state index in [1.54, 1.807) is 6.21 Å². The van der Waals surface area contributed by atoms with E-state index in [9.17, 15) is 10.2 Å². The van der Waals surface area contributed by atoms with Crippen molar-refractivity contribution in [3.8, 4) is 5.75 Å². The van der Waals surface area contributed by atoms with E-state index in [0.29, 0.717) is 5.75 Å². The number of aromatic hydroxyl groups is 1. The molecule has 4 aliphatic carbocycles. The van der Waals surface area contributed by atoms with Gasteiger partial charge in [-0.15, -0.1) is 0 Å². The molecule has 1 aromatic rings. The fourth-order valence-electron chi connectivity index (χ4n) is 6.46. The van der Waals surface area contributed by atoms with Gasteiger partial charge in [-0.05, 0) is 85.7 Å². The summed E-state index contributed by atoms with van der Waals surface area (Å²) in [5, 5.41) is 20.9. The topological polar surface area (TPSA) is 52.8 Å². The molecule has 3 nitrogen and oxygen atoms in total. The Kier molecular flexibility index (Phi) is 4.65. The summed E-state index contributed by atoms with van der Waals surface area (Å²) in [4.78, 5) is 4.64. The maximum absolute atomic E-state index is 11.2. The number of benzene rings is 1. The van der Waals surface area contributed by atoms with Gasteiger partial charge in [0.1, 0.15) is 5.75 Å². The molecular weight excluding hydrogens is 334 g/mol. The van der Waals surface area contributed by atoms with Crippen molar-refractivity contribution < 1.29 is 10.2 Å². The van der Waals surface area contributed by atoms with Gasteiger partial charge in [0.2, 0.25) is 0 Å². The molecule has 2 N–H and O–H groups in total. The largest absolute Gasteiger partial charge is 0.507 e. The highest BCUT2D eigenvalue weighted by atomic mass is 16.3. The summed E-state index contributed by atoms with van der Waals surface area (Å²) in [6.07, 6.45) is 9.74. The molecule has 0 amide bonds. The zero-order chi connectivity index (χ0) is 19.4. The number of phenols is 1. The Morgan fingerprint density at radius 1 is 1.11 bits per heavy atom. The van der Waals surface area contributed by atoms with E-state index in [1.807, 2.05) is 6.07 Å². The number of aliphatic imine (C=N–C) groups is 1. The SMILES string of the molecule is Cc1cc(C=N[C@H](CO)C(C)(C)C)c(O)c(C23CC4CC(CC(C4)C2)C3)c1. The lowest BCUT2D eigenvalue weighted by Gasteiger charge is -2.57. The van der Waals surface area contributed by atoms with Crippen LogP contribution in [-0.4, -0.2) is 29.1 Å². The van der Waals surface area contributed by atoms with Crippen molar-refractivity contribution in [2.24, 2.45) is 28.2 Å². The second kappa shape index (κ2) is 6.62. The summed E-state index contributed by atoms with van der Waals surface area (Å²) in [6.45, 7) is 8.40. The molecule has 0 radical (unpaired) electrons. The first-order valence-electron chi connectivity index (χ1n) is 10.7. The van der Waals surface area contributed by atoms with Crippen LogP contribution in [0.5, 0.6) is 5.75 Å². The number of rotatable bonds is 4. The molecule has 0 heterocycles. The van der Waals surface area contributed by atoms with Gasteiger partial charge in [-0.1, -0.05) is 26.8 Å². The van der Waals surface area contributed by atoms with E-state index in [4.69, 9.17) is 0 Å². The standard InChI is InChI=1S/C24H35NO2/c1-15-5-19(13-25-21(14-26)23(2,3)4)22(27)20(6-15)24-10-16-7-17(11-24)9-18(8-16)12-24/h5-6,13,16-18,21,26-27H,7-12,14H2,1-4H3/t16?,17?,18?,21-,24?/m1/s1. The molecule has 27 heavy (non-hydrogen) atoms. The Morgan fingerprint density at radius 3 is 2.15 bits per heavy atom. The maximum Gasteiger partial charge on any atom is 0.128 e. The molecule has 1 aromatic carbocycles. The Hall–Kier alpha value is -1.35. The number of hydrogen-bond donors (Lipinski definition) is 2. The minimum atomic E-state index is -0.166. The molecule has 4 bridgehead atoms. The summed E-state index contributed by atoms with van der Waals surface area (Å²) in [7, 11) is 0. The van der Waals surface area contributed by atoms with E-state index in [-0.39, 0.29) is 23.5 Å². The van der Waals surface area contributed by atoms with Gasteiger partial charge >= 0.3 is 0 Å². The molecule has 0 aromatic heterocycles. The Balaban J connectivity index is 1.70. The highest BCUT2D eigenvalue weighted by molar-refractivity contribution is 5.85. The van der Waals surface area contributed by atoms with Crippen molar-refractivity contribution in [2.45, 2.75) is 77.7 Å². The molecule has 0 saturated heterocycles. The van der Waals surface area contributed by atoms with Crippen LogP contribution in [0.4, 0.5) is 0 Å². The van der Waals surface area contributed by atoms with Gasteiger partial charge in [0.15, 0.2) is 0 Å². The summed E-state index contributed by atoms with van der Waals surface area (Å²) >= 11 is 0. The molecule has 0 unspecified atom stereocenters. The first kappa shape index (κ1) is 19.0. The zero-order valence-electron chi connectivity index (χ0n) is 17.3. The minimum Gasteiger partial charge on any atom is -0.507 e. The molecule has 4 saturated carbocycles. The van der Waals surface area contributed by atoms with Gasteiger partial charge in [0.25, 0.3) is 0 Å². The summed E-state index contributed by atoms with van der Waals surface area (Å²) < 4.78 is 0. The van der Waals surface area contributed by atoms with Crippen molar-refractivity contribution in [3.63, 3.8) is 0 Å². The van der Waals surface area contributed by atoms with Crippen LogP contribution in [0.1, 0.15) is 76.0 Å². The minimum absolute atomic E-state index is 0.0222. The molecule has 1 atom stereocenters. The van der Waals surface area contributed by atoms with Crippen molar-refractivity contribution >= 4 is 6.21 Å². The molecule has 148 valence electrons. The molecule has 0 aliphatic heterocycles. The highest BCUT2D eigenvalue weighted by Gasteiger charge is 2.52. The van der Waals surface area contributed by atoms with E-state index in [2.05, 4.69) is 38.8 Å². The molecule has 0 spiro atoms. The third-order valence-electron chi connectivity index (χ3n) is 7.46. The van der Waals surface area contributed by atoms with Gasteiger partial charge in [-0.25, -0.2) is 0 Å². The van der Waals surface area contributed by atoms with Crippen molar-refractivity contribution in [1.82, 2.24) is 0 Å². The fourth-order valence-corrected chi connectivity index (χ4v) is 6.46. The second-order valence-electron chi connectivity index (χ2n) is 10.8. The van der Waals surface area contributed by atoms with Crippen LogP contribution in [0.2, 0.25) is 0 Å². The van der Waals surface area contributed by atoms with E-state index in [0.717, 1.165) is 23.3 Å². The summed E-state index contributed by atoms with van der Waals surface area (Å²) in [6, 6.07) is 4.09. The fraction of sp³-hybridized carbons (Fsp3) is 0.708. The lowest BCUT2D eigenvalue weighted by atomic mass is 9.48. The van der Waals surface area contributed by atoms with Crippen molar-refractivity contribution in [3.05, 3.63) is 28.8 Å². The number of phenolic OH excluding ortho intramolecular Hbond substituents is 1. The predicted molar refractivity (Wildman–Crippen MR) is 111 cm³/mol. The average Bonchev–Trinajstić information content (AvgIpc) is 2.55. The molecule has 4 fully saturated rings. The quantitative estimate of drug-likeness (QED) is 0.734. The first-order valence-corrected chi connectivity index (χ1v) is 10.7. The summed E-state index contributed by atoms with van der Waals surface area (Å²) in [5.74, 6) is 2.99. The maximum atomic E-state index is 11.2. The summed E-state index contributed by atoms with van der Waals surface area (Å²) in [5.41, 5.74) is 3.24.